The number of nitrogens with zero attached hydrogens (tertiary/aromatic N) is 3. The van der Waals surface area contributed by atoms with E-state index in [-0.39, 0.29) is 5.54 Å². The molecular formula is C16H29BrN4. The Bertz CT molecular complexity index is 475. The highest BCUT2D eigenvalue weighted by atomic mass is 79.9. The van der Waals surface area contributed by atoms with Crippen LogP contribution in [0.3, 0.4) is 0 Å². The summed E-state index contributed by atoms with van der Waals surface area (Å²) in [7, 11) is 6.52. The first-order valence-electron chi connectivity index (χ1n) is 8.01. The smallest absolute Gasteiger partial charge is 0.0738 e. The minimum Gasteiger partial charge on any atom is -0.312 e. The molecule has 1 aliphatic rings. The number of nitrogens with one attached hydrogen (secondary N) is 1. The maximum absolute atomic E-state index is 4.55. The number of likely N-dealkylation sites (N-methyl/N-ethyl adjacent to an activating group) is 2. The van der Waals surface area contributed by atoms with Gasteiger partial charge >= 0.3 is 0 Å². The monoisotopic (exact) mass is 356 g/mol. The first-order valence-corrected chi connectivity index (χ1v) is 8.80. The van der Waals surface area contributed by atoms with Gasteiger partial charge in [0.05, 0.1) is 15.9 Å². The molecule has 1 unspecified atom stereocenters. The van der Waals surface area contributed by atoms with Gasteiger partial charge in [-0.2, -0.15) is 5.10 Å². The first kappa shape index (κ1) is 17.0. The van der Waals surface area contributed by atoms with E-state index in [1.807, 2.05) is 11.7 Å². The van der Waals surface area contributed by atoms with E-state index in [1.165, 1.54) is 35.8 Å². The molecule has 0 aliphatic heterocycles. The molecule has 0 amide bonds. The van der Waals surface area contributed by atoms with Gasteiger partial charge in [0.25, 0.3) is 0 Å². The van der Waals surface area contributed by atoms with Crippen molar-refractivity contribution in [3.63, 3.8) is 0 Å². The summed E-state index contributed by atoms with van der Waals surface area (Å²) in [5, 5.41) is 8.30. The molecule has 1 aliphatic carbocycles. The third-order valence-electron chi connectivity index (χ3n) is 5.12. The molecule has 0 aromatic carbocycles. The van der Waals surface area contributed by atoms with Crippen molar-refractivity contribution < 1.29 is 0 Å². The fraction of sp³-hybridized carbons (Fsp3) is 0.812. The van der Waals surface area contributed by atoms with Crippen molar-refractivity contribution in [2.45, 2.75) is 57.5 Å². The molecule has 0 radical (unpaired) electrons. The van der Waals surface area contributed by atoms with E-state index in [0.29, 0.717) is 6.04 Å². The molecule has 1 heterocycles. The van der Waals surface area contributed by atoms with Crippen LogP contribution in [0.25, 0.3) is 0 Å². The minimum absolute atomic E-state index is 0.271. The fourth-order valence-corrected chi connectivity index (χ4v) is 4.39. The van der Waals surface area contributed by atoms with Crippen LogP contribution in [0.5, 0.6) is 0 Å². The second kappa shape index (κ2) is 6.80. The molecule has 1 atom stereocenters. The normalized spacial score (nSPS) is 19.4. The largest absolute Gasteiger partial charge is 0.312 e. The number of hydrogen-bond donors (Lipinski definition) is 1. The Hall–Kier alpha value is -0.390. The zero-order valence-corrected chi connectivity index (χ0v) is 15.6. The van der Waals surface area contributed by atoms with Crippen LogP contribution in [0.4, 0.5) is 0 Å². The molecule has 1 aromatic rings. The quantitative estimate of drug-likeness (QED) is 0.850. The number of rotatable bonds is 6. The maximum atomic E-state index is 4.55. The molecular weight excluding hydrogens is 328 g/mol. The average Bonchev–Trinajstić information content (AvgIpc) is 3.00. The van der Waals surface area contributed by atoms with Crippen LogP contribution in [0, 0.1) is 6.92 Å². The van der Waals surface area contributed by atoms with E-state index < -0.39 is 0 Å². The van der Waals surface area contributed by atoms with E-state index >= 15 is 0 Å². The lowest BCUT2D eigenvalue weighted by Crippen LogP contribution is -2.58. The standard InChI is InChI=1S/C16H29BrN4/c1-6-18-14(16(20(3)4)9-7-8-10-16)11-13-15(17)12(2)19-21(13)5/h14,18H,6-11H2,1-5H3. The van der Waals surface area contributed by atoms with Crippen LogP contribution in [0.15, 0.2) is 4.47 Å². The van der Waals surface area contributed by atoms with Gasteiger partial charge in [-0.05, 0) is 56.3 Å². The summed E-state index contributed by atoms with van der Waals surface area (Å²) in [6.45, 7) is 5.27. The predicted octanol–water partition coefficient (Wildman–Crippen LogP) is 2.89. The summed E-state index contributed by atoms with van der Waals surface area (Å²) < 4.78 is 3.20. The van der Waals surface area contributed by atoms with E-state index in [4.69, 9.17) is 0 Å². The number of aryl methyl sites for hydroxylation is 2. The second-order valence-electron chi connectivity index (χ2n) is 6.49. The molecule has 21 heavy (non-hydrogen) atoms. The number of halogens is 1. The van der Waals surface area contributed by atoms with Crippen molar-refractivity contribution in [2.75, 3.05) is 20.6 Å². The molecule has 0 saturated heterocycles. The summed E-state index contributed by atoms with van der Waals surface area (Å²) >= 11 is 3.72. The predicted molar refractivity (Wildman–Crippen MR) is 91.7 cm³/mol. The zero-order valence-electron chi connectivity index (χ0n) is 14.0. The highest BCUT2D eigenvalue weighted by molar-refractivity contribution is 9.10. The van der Waals surface area contributed by atoms with Gasteiger partial charge in [-0.15, -0.1) is 0 Å². The molecule has 120 valence electrons. The van der Waals surface area contributed by atoms with Crippen molar-refractivity contribution in [1.82, 2.24) is 20.0 Å². The van der Waals surface area contributed by atoms with Gasteiger partial charge in [0.2, 0.25) is 0 Å². The summed E-state index contributed by atoms with van der Waals surface area (Å²) in [4.78, 5) is 2.45. The Balaban J connectivity index is 2.30. The molecule has 0 bridgehead atoms. The summed E-state index contributed by atoms with van der Waals surface area (Å²) in [6.07, 6.45) is 6.26. The van der Waals surface area contributed by atoms with Crippen molar-refractivity contribution in [3.8, 4) is 0 Å². The third-order valence-corrected chi connectivity index (χ3v) is 6.15. The van der Waals surface area contributed by atoms with Gasteiger partial charge in [0.1, 0.15) is 0 Å². The lowest BCUT2D eigenvalue weighted by atomic mass is 9.84. The highest BCUT2D eigenvalue weighted by Gasteiger charge is 2.43. The van der Waals surface area contributed by atoms with Crippen molar-refractivity contribution in [1.29, 1.82) is 0 Å². The molecule has 1 N–H and O–H groups in total. The van der Waals surface area contributed by atoms with Crippen LogP contribution in [-0.2, 0) is 13.5 Å². The molecule has 1 aromatic heterocycles. The van der Waals surface area contributed by atoms with Crippen LogP contribution in [0.2, 0.25) is 0 Å². The maximum Gasteiger partial charge on any atom is 0.0738 e. The summed E-state index contributed by atoms with van der Waals surface area (Å²) in [5.41, 5.74) is 2.65. The SMILES string of the molecule is CCNC(Cc1c(Br)c(C)nn1C)C1(N(C)C)CCCC1. The van der Waals surface area contributed by atoms with E-state index in [1.54, 1.807) is 0 Å². The lowest BCUT2D eigenvalue weighted by molar-refractivity contribution is 0.104. The van der Waals surface area contributed by atoms with Gasteiger partial charge < -0.3 is 10.2 Å². The van der Waals surface area contributed by atoms with Gasteiger partial charge in [0, 0.05) is 25.0 Å². The minimum atomic E-state index is 0.271. The average molecular weight is 357 g/mol. The van der Waals surface area contributed by atoms with Crippen LogP contribution < -0.4 is 5.32 Å². The van der Waals surface area contributed by atoms with Crippen LogP contribution >= 0.6 is 15.9 Å². The zero-order chi connectivity index (χ0) is 15.6. The number of aromatic nitrogens is 2. The van der Waals surface area contributed by atoms with Crippen LogP contribution in [-0.4, -0.2) is 46.9 Å². The lowest BCUT2D eigenvalue weighted by Gasteiger charge is -2.44. The topological polar surface area (TPSA) is 33.1 Å². The molecule has 0 spiro atoms. The first-order chi connectivity index (χ1) is 9.92. The number of hydrogen-bond acceptors (Lipinski definition) is 3. The van der Waals surface area contributed by atoms with E-state index in [2.05, 4.69) is 59.2 Å². The van der Waals surface area contributed by atoms with E-state index in [0.717, 1.165) is 18.7 Å². The fourth-order valence-electron chi connectivity index (χ4n) is 3.89. The van der Waals surface area contributed by atoms with Gasteiger partial charge in [-0.1, -0.05) is 19.8 Å². The molecule has 1 saturated carbocycles. The molecule has 5 heteroatoms. The Morgan fingerprint density at radius 2 is 2.00 bits per heavy atom. The van der Waals surface area contributed by atoms with Crippen LogP contribution in [0.1, 0.15) is 44.0 Å². The Kier molecular flexibility index (Phi) is 5.49. The van der Waals surface area contributed by atoms with Crippen molar-refractivity contribution in [3.05, 3.63) is 15.9 Å². The third kappa shape index (κ3) is 3.20. The van der Waals surface area contributed by atoms with Crippen molar-refractivity contribution in [2.24, 2.45) is 7.05 Å². The Morgan fingerprint density at radius 3 is 2.43 bits per heavy atom. The Morgan fingerprint density at radius 1 is 1.38 bits per heavy atom. The summed E-state index contributed by atoms with van der Waals surface area (Å²) in [6, 6.07) is 0.464. The Labute approximate surface area is 137 Å². The summed E-state index contributed by atoms with van der Waals surface area (Å²) in [5.74, 6) is 0. The van der Waals surface area contributed by atoms with Gasteiger partial charge in [-0.25, -0.2) is 0 Å². The molecule has 2 rings (SSSR count). The van der Waals surface area contributed by atoms with Gasteiger partial charge in [-0.3, -0.25) is 4.68 Å². The highest BCUT2D eigenvalue weighted by Crippen LogP contribution is 2.38. The van der Waals surface area contributed by atoms with Crippen molar-refractivity contribution >= 4 is 15.9 Å². The van der Waals surface area contributed by atoms with Gasteiger partial charge in [0.15, 0.2) is 0 Å². The van der Waals surface area contributed by atoms with E-state index in [9.17, 15) is 0 Å². The molecule has 4 nitrogen and oxygen atoms in total. The molecule has 1 fully saturated rings. The second-order valence-corrected chi connectivity index (χ2v) is 7.28.